The minimum Gasteiger partial charge on any atom is -0.345 e. The summed E-state index contributed by atoms with van der Waals surface area (Å²) in [6.07, 6.45) is 7.97. The summed E-state index contributed by atoms with van der Waals surface area (Å²) in [7, 11) is 2.11. The monoisotopic (exact) mass is 670 g/mol. The highest BCUT2D eigenvalue weighted by atomic mass is 15.1. The van der Waals surface area contributed by atoms with E-state index < -0.39 is 0 Å². The van der Waals surface area contributed by atoms with E-state index in [0.29, 0.717) is 0 Å². The van der Waals surface area contributed by atoms with Gasteiger partial charge in [-0.1, -0.05) is 152 Å². The van der Waals surface area contributed by atoms with Gasteiger partial charge in [0, 0.05) is 35.5 Å². The SMILES string of the molecule is C=C/C=C\C(=C/C)c1ccc(N(C)c2ccc(-c3ccc(N(c4ccc(-c5ccccc5)cc4)c4ccc(-c5ccccc5)cc4)cc3)cc2)cc1. The summed E-state index contributed by atoms with van der Waals surface area (Å²) in [6.45, 7) is 5.85. The number of benzene rings is 7. The van der Waals surface area contributed by atoms with Crippen molar-refractivity contribution in [3.63, 3.8) is 0 Å². The van der Waals surface area contributed by atoms with Crippen LogP contribution in [-0.4, -0.2) is 7.05 Å². The fourth-order valence-corrected chi connectivity index (χ4v) is 6.55. The summed E-state index contributed by atoms with van der Waals surface area (Å²) in [5, 5.41) is 0. The molecule has 7 aromatic carbocycles. The number of rotatable bonds is 11. The minimum absolute atomic E-state index is 1.10. The molecular formula is C50H42N2. The van der Waals surface area contributed by atoms with Gasteiger partial charge in [0.2, 0.25) is 0 Å². The molecule has 0 saturated heterocycles. The number of anilines is 5. The topological polar surface area (TPSA) is 6.48 Å². The molecule has 252 valence electrons. The molecule has 0 unspecified atom stereocenters. The Balaban J connectivity index is 1.13. The maximum absolute atomic E-state index is 3.79. The van der Waals surface area contributed by atoms with Gasteiger partial charge in [-0.25, -0.2) is 0 Å². The Kier molecular flexibility index (Phi) is 10.4. The summed E-state index contributed by atoms with van der Waals surface area (Å²) in [5.74, 6) is 0. The standard InChI is InChI=1S/C50H42N2/c1-4-6-13-38(5-2)41-18-28-46(29-19-41)51(3)47-30-20-44(21-31-47)45-26-36-50(37-27-45)52(48-32-22-42(23-33-48)39-14-9-7-10-15-39)49-34-24-43(25-35-49)40-16-11-8-12-17-40/h4-37H,1H2,2-3H3/b13-6-,38-5+. The van der Waals surface area contributed by atoms with Crippen molar-refractivity contribution in [2.75, 3.05) is 16.8 Å². The van der Waals surface area contributed by atoms with E-state index in [1.54, 1.807) is 6.08 Å². The zero-order chi connectivity index (χ0) is 35.7. The normalized spacial score (nSPS) is 11.4. The van der Waals surface area contributed by atoms with E-state index in [1.165, 1.54) is 44.5 Å². The molecule has 0 aliphatic rings. The largest absolute Gasteiger partial charge is 0.345 e. The molecule has 2 heteroatoms. The van der Waals surface area contributed by atoms with Crippen LogP contribution in [0, 0.1) is 0 Å². The molecule has 0 atom stereocenters. The van der Waals surface area contributed by atoms with Gasteiger partial charge in [-0.2, -0.15) is 0 Å². The van der Waals surface area contributed by atoms with Crippen LogP contribution in [0.4, 0.5) is 28.4 Å². The van der Waals surface area contributed by atoms with E-state index in [2.05, 4.69) is 224 Å². The predicted octanol–water partition coefficient (Wildman–Crippen LogP) is 14.1. The molecule has 0 heterocycles. The summed E-state index contributed by atoms with van der Waals surface area (Å²) in [4.78, 5) is 4.54. The maximum Gasteiger partial charge on any atom is 0.0462 e. The molecule has 0 aliphatic carbocycles. The Hall–Kier alpha value is -6.64. The van der Waals surface area contributed by atoms with Gasteiger partial charge >= 0.3 is 0 Å². The number of hydrogen-bond acceptors (Lipinski definition) is 2. The van der Waals surface area contributed by atoms with Gasteiger partial charge in [0.15, 0.2) is 0 Å². The second kappa shape index (κ2) is 15.9. The van der Waals surface area contributed by atoms with Gasteiger partial charge < -0.3 is 9.80 Å². The van der Waals surface area contributed by atoms with Crippen LogP contribution >= 0.6 is 0 Å². The van der Waals surface area contributed by atoms with Crippen LogP contribution in [0.1, 0.15) is 12.5 Å². The van der Waals surface area contributed by atoms with Crippen LogP contribution in [0.5, 0.6) is 0 Å². The molecule has 52 heavy (non-hydrogen) atoms. The van der Waals surface area contributed by atoms with Crippen molar-refractivity contribution < 1.29 is 0 Å². The molecule has 0 radical (unpaired) electrons. The van der Waals surface area contributed by atoms with Gasteiger partial charge in [-0.05, 0) is 112 Å². The van der Waals surface area contributed by atoms with E-state index in [-0.39, 0.29) is 0 Å². The molecule has 0 fully saturated rings. The van der Waals surface area contributed by atoms with Crippen molar-refractivity contribution in [1.82, 2.24) is 0 Å². The first-order valence-corrected chi connectivity index (χ1v) is 17.7. The number of allylic oxidation sites excluding steroid dienone is 5. The maximum atomic E-state index is 3.79. The summed E-state index contributed by atoms with van der Waals surface area (Å²) >= 11 is 0. The van der Waals surface area contributed by atoms with Crippen LogP contribution < -0.4 is 9.80 Å². The van der Waals surface area contributed by atoms with Crippen molar-refractivity contribution in [3.05, 3.63) is 218 Å². The lowest BCUT2D eigenvalue weighted by molar-refractivity contribution is 1.21. The van der Waals surface area contributed by atoms with Gasteiger partial charge in [0.25, 0.3) is 0 Å². The van der Waals surface area contributed by atoms with Crippen molar-refractivity contribution in [1.29, 1.82) is 0 Å². The van der Waals surface area contributed by atoms with E-state index >= 15 is 0 Å². The van der Waals surface area contributed by atoms with Crippen LogP contribution in [0.25, 0.3) is 39.0 Å². The highest BCUT2D eigenvalue weighted by Crippen LogP contribution is 2.38. The van der Waals surface area contributed by atoms with Crippen molar-refractivity contribution in [3.8, 4) is 33.4 Å². The molecule has 0 aromatic heterocycles. The van der Waals surface area contributed by atoms with E-state index in [1.807, 2.05) is 6.08 Å². The fraction of sp³-hybridized carbons (Fsp3) is 0.0400. The van der Waals surface area contributed by atoms with Crippen molar-refractivity contribution in [2.45, 2.75) is 6.92 Å². The quantitative estimate of drug-likeness (QED) is 0.126. The van der Waals surface area contributed by atoms with Gasteiger partial charge in [0.1, 0.15) is 0 Å². The van der Waals surface area contributed by atoms with Crippen LogP contribution in [-0.2, 0) is 0 Å². The molecule has 0 amide bonds. The molecule has 7 aromatic rings. The zero-order valence-electron chi connectivity index (χ0n) is 29.7. The second-order valence-electron chi connectivity index (χ2n) is 12.7. The first-order valence-electron chi connectivity index (χ1n) is 17.7. The molecule has 0 spiro atoms. The third-order valence-electron chi connectivity index (χ3n) is 9.49. The van der Waals surface area contributed by atoms with E-state index in [4.69, 9.17) is 0 Å². The second-order valence-corrected chi connectivity index (χ2v) is 12.7. The molecule has 0 bridgehead atoms. The molecular weight excluding hydrogens is 629 g/mol. The lowest BCUT2D eigenvalue weighted by atomic mass is 10.0. The third kappa shape index (κ3) is 7.57. The van der Waals surface area contributed by atoms with Crippen LogP contribution in [0.3, 0.4) is 0 Å². The number of hydrogen-bond donors (Lipinski definition) is 0. The Labute approximate surface area is 308 Å². The Morgan fingerprint density at radius 1 is 0.423 bits per heavy atom. The highest BCUT2D eigenvalue weighted by molar-refractivity contribution is 5.81. The first-order chi connectivity index (χ1) is 25.6. The molecule has 0 saturated carbocycles. The average molecular weight is 671 g/mol. The Bertz CT molecular complexity index is 2180. The van der Waals surface area contributed by atoms with Crippen molar-refractivity contribution >= 4 is 34.0 Å². The summed E-state index contributed by atoms with van der Waals surface area (Å²) in [6, 6.07) is 65.1. The fourth-order valence-electron chi connectivity index (χ4n) is 6.55. The van der Waals surface area contributed by atoms with Gasteiger partial charge in [-0.15, -0.1) is 0 Å². The first kappa shape index (κ1) is 33.8. The van der Waals surface area contributed by atoms with E-state index in [9.17, 15) is 0 Å². The Morgan fingerprint density at radius 3 is 1.10 bits per heavy atom. The molecule has 2 nitrogen and oxygen atoms in total. The molecule has 0 N–H and O–H groups in total. The predicted molar refractivity (Wildman–Crippen MR) is 225 cm³/mol. The third-order valence-corrected chi connectivity index (χ3v) is 9.49. The van der Waals surface area contributed by atoms with Crippen LogP contribution in [0.15, 0.2) is 213 Å². The van der Waals surface area contributed by atoms with Gasteiger partial charge in [-0.3, -0.25) is 0 Å². The lowest BCUT2D eigenvalue weighted by Crippen LogP contribution is -2.10. The smallest absolute Gasteiger partial charge is 0.0462 e. The Morgan fingerprint density at radius 2 is 0.750 bits per heavy atom. The van der Waals surface area contributed by atoms with Gasteiger partial charge in [0.05, 0.1) is 0 Å². The zero-order valence-corrected chi connectivity index (χ0v) is 29.7. The number of nitrogens with zero attached hydrogens (tertiary/aromatic N) is 2. The average Bonchev–Trinajstić information content (AvgIpc) is 3.23. The van der Waals surface area contributed by atoms with E-state index in [0.717, 1.165) is 28.4 Å². The molecule has 0 aliphatic heterocycles. The molecule has 7 rings (SSSR count). The summed E-state index contributed by atoms with van der Waals surface area (Å²) < 4.78 is 0. The highest BCUT2D eigenvalue weighted by Gasteiger charge is 2.14. The van der Waals surface area contributed by atoms with Crippen molar-refractivity contribution in [2.24, 2.45) is 0 Å². The lowest BCUT2D eigenvalue weighted by Gasteiger charge is -2.26. The summed E-state index contributed by atoms with van der Waals surface area (Å²) in [5.41, 5.74) is 15.1. The van der Waals surface area contributed by atoms with Crippen LogP contribution in [0.2, 0.25) is 0 Å². The minimum atomic E-state index is 1.10.